The molecule has 21 heavy (non-hydrogen) atoms. The molecule has 3 rings (SSSR count). The van der Waals surface area contributed by atoms with Crippen molar-refractivity contribution in [2.75, 3.05) is 35.7 Å². The summed E-state index contributed by atoms with van der Waals surface area (Å²) in [4.78, 5) is 13.7. The van der Waals surface area contributed by atoms with Crippen LogP contribution in [0.4, 0.5) is 17.1 Å². The van der Waals surface area contributed by atoms with Crippen LogP contribution in [0.15, 0.2) is 12.1 Å². The summed E-state index contributed by atoms with van der Waals surface area (Å²) >= 11 is 0. The normalized spacial score (nSPS) is 20.9. The van der Waals surface area contributed by atoms with Crippen molar-refractivity contribution < 1.29 is 14.6 Å². The van der Waals surface area contributed by atoms with Gasteiger partial charge in [-0.15, -0.1) is 0 Å². The molecule has 0 aliphatic carbocycles. The highest BCUT2D eigenvalue weighted by Crippen LogP contribution is 2.40. The number of aliphatic hydroxyl groups excluding tert-OH is 1. The summed E-state index contributed by atoms with van der Waals surface area (Å²) in [6.07, 6.45) is 3.98. The maximum atomic E-state index is 11.4. The average molecular weight is 291 g/mol. The van der Waals surface area contributed by atoms with E-state index >= 15 is 0 Å². The minimum Gasteiger partial charge on any atom is -0.482 e. The van der Waals surface area contributed by atoms with Crippen LogP contribution in [0.5, 0.6) is 5.75 Å². The molecular formula is C15H21N3O3. The van der Waals surface area contributed by atoms with Crippen LogP contribution in [0.1, 0.15) is 25.7 Å². The lowest BCUT2D eigenvalue weighted by atomic mass is 10.1. The summed E-state index contributed by atoms with van der Waals surface area (Å²) in [5.41, 5.74) is 8.46. The molecule has 1 atom stereocenters. The molecule has 1 fully saturated rings. The Kier molecular flexibility index (Phi) is 3.88. The zero-order chi connectivity index (χ0) is 14.8. The van der Waals surface area contributed by atoms with Crippen LogP contribution in [0.2, 0.25) is 0 Å². The van der Waals surface area contributed by atoms with Gasteiger partial charge in [-0.05, 0) is 31.7 Å². The second kappa shape index (κ2) is 5.81. The largest absolute Gasteiger partial charge is 0.482 e. The number of carbonyl (C=O) groups excluding carboxylic acids is 1. The summed E-state index contributed by atoms with van der Waals surface area (Å²) < 4.78 is 5.38. The number of hydrogen-bond donors (Lipinski definition) is 3. The number of nitrogens with zero attached hydrogens (tertiary/aromatic N) is 1. The lowest BCUT2D eigenvalue weighted by Gasteiger charge is -2.29. The van der Waals surface area contributed by atoms with Crippen molar-refractivity contribution in [3.63, 3.8) is 0 Å². The number of nitrogens with two attached hydrogens (primary N) is 1. The van der Waals surface area contributed by atoms with Crippen molar-refractivity contribution >= 4 is 23.0 Å². The van der Waals surface area contributed by atoms with Gasteiger partial charge in [0, 0.05) is 25.3 Å². The van der Waals surface area contributed by atoms with Gasteiger partial charge in [0.1, 0.15) is 5.75 Å². The summed E-state index contributed by atoms with van der Waals surface area (Å²) in [7, 11) is 0. The van der Waals surface area contributed by atoms with E-state index in [0.717, 1.165) is 37.9 Å². The van der Waals surface area contributed by atoms with Gasteiger partial charge in [0.25, 0.3) is 5.91 Å². The monoisotopic (exact) mass is 291 g/mol. The number of benzene rings is 1. The highest BCUT2D eigenvalue weighted by Gasteiger charge is 2.27. The SMILES string of the molecule is Nc1cc2c(cc1N1CCCC1CCCO)NC(=O)CO2. The number of hydrogen-bond acceptors (Lipinski definition) is 5. The van der Waals surface area contributed by atoms with E-state index in [4.69, 9.17) is 15.6 Å². The fourth-order valence-corrected chi connectivity index (χ4v) is 3.16. The first kappa shape index (κ1) is 14.0. The molecule has 0 saturated carbocycles. The number of rotatable bonds is 4. The fraction of sp³-hybridized carbons (Fsp3) is 0.533. The molecule has 1 unspecified atom stereocenters. The zero-order valence-electron chi connectivity index (χ0n) is 12.0. The molecule has 2 aliphatic heterocycles. The van der Waals surface area contributed by atoms with Gasteiger partial charge in [0.15, 0.2) is 6.61 Å². The van der Waals surface area contributed by atoms with E-state index in [2.05, 4.69) is 10.2 Å². The van der Waals surface area contributed by atoms with Crippen molar-refractivity contribution in [1.82, 2.24) is 0 Å². The first-order valence-electron chi connectivity index (χ1n) is 7.42. The number of aliphatic hydroxyl groups is 1. The van der Waals surface area contributed by atoms with Crippen LogP contribution in [0.25, 0.3) is 0 Å². The van der Waals surface area contributed by atoms with E-state index in [0.29, 0.717) is 23.2 Å². The van der Waals surface area contributed by atoms with Crippen LogP contribution in [-0.4, -0.2) is 36.8 Å². The molecule has 0 spiro atoms. The van der Waals surface area contributed by atoms with Gasteiger partial charge in [-0.25, -0.2) is 0 Å². The number of fused-ring (bicyclic) bond motifs is 1. The molecule has 0 aromatic heterocycles. The Morgan fingerprint density at radius 1 is 1.48 bits per heavy atom. The van der Waals surface area contributed by atoms with Gasteiger partial charge in [0.2, 0.25) is 0 Å². The van der Waals surface area contributed by atoms with Crippen LogP contribution in [0.3, 0.4) is 0 Å². The predicted octanol–water partition coefficient (Wildman–Crippen LogP) is 1.34. The Morgan fingerprint density at radius 2 is 2.33 bits per heavy atom. The zero-order valence-corrected chi connectivity index (χ0v) is 12.0. The summed E-state index contributed by atoms with van der Waals surface area (Å²) in [5, 5.41) is 11.8. The second-order valence-corrected chi connectivity index (χ2v) is 5.60. The first-order valence-corrected chi connectivity index (χ1v) is 7.42. The van der Waals surface area contributed by atoms with Crippen molar-refractivity contribution in [1.29, 1.82) is 0 Å². The molecule has 114 valence electrons. The second-order valence-electron chi connectivity index (χ2n) is 5.60. The lowest BCUT2D eigenvalue weighted by Crippen LogP contribution is -2.31. The number of carbonyl (C=O) groups is 1. The summed E-state index contributed by atoms with van der Waals surface area (Å²) in [5.74, 6) is 0.485. The number of anilines is 3. The molecule has 1 aromatic carbocycles. The van der Waals surface area contributed by atoms with E-state index in [1.54, 1.807) is 6.07 Å². The van der Waals surface area contributed by atoms with Crippen LogP contribution >= 0.6 is 0 Å². The molecule has 2 heterocycles. The van der Waals surface area contributed by atoms with Crippen molar-refractivity contribution in [2.24, 2.45) is 0 Å². The van der Waals surface area contributed by atoms with E-state index in [1.165, 1.54) is 0 Å². The van der Waals surface area contributed by atoms with Gasteiger partial charge in [0.05, 0.1) is 17.1 Å². The molecule has 1 amide bonds. The summed E-state index contributed by atoms with van der Waals surface area (Å²) in [6.45, 7) is 1.20. The predicted molar refractivity (Wildman–Crippen MR) is 81.7 cm³/mol. The van der Waals surface area contributed by atoms with Gasteiger partial charge in [-0.3, -0.25) is 4.79 Å². The van der Waals surface area contributed by atoms with Crippen molar-refractivity contribution in [3.05, 3.63) is 12.1 Å². The Labute approximate surface area is 123 Å². The number of amides is 1. The third-order valence-electron chi connectivity index (χ3n) is 4.14. The molecule has 2 aliphatic rings. The molecule has 6 heteroatoms. The molecule has 1 aromatic rings. The van der Waals surface area contributed by atoms with Crippen LogP contribution < -0.4 is 20.7 Å². The maximum absolute atomic E-state index is 11.4. The van der Waals surface area contributed by atoms with E-state index < -0.39 is 0 Å². The van der Waals surface area contributed by atoms with E-state index in [-0.39, 0.29) is 19.1 Å². The lowest BCUT2D eigenvalue weighted by molar-refractivity contribution is -0.118. The Morgan fingerprint density at radius 3 is 3.14 bits per heavy atom. The smallest absolute Gasteiger partial charge is 0.262 e. The molecule has 0 radical (unpaired) electrons. The highest BCUT2D eigenvalue weighted by molar-refractivity contribution is 5.97. The molecule has 0 bridgehead atoms. The fourth-order valence-electron chi connectivity index (χ4n) is 3.16. The van der Waals surface area contributed by atoms with Gasteiger partial charge in [-0.2, -0.15) is 0 Å². The standard InChI is InChI=1S/C15H21N3O3/c16-11-7-14-12(17-15(20)9-21-14)8-13(11)18-5-1-3-10(18)4-2-6-19/h7-8,10,19H,1-6,9,16H2,(H,17,20). The molecular weight excluding hydrogens is 270 g/mol. The van der Waals surface area contributed by atoms with Crippen LogP contribution in [-0.2, 0) is 4.79 Å². The van der Waals surface area contributed by atoms with E-state index in [1.807, 2.05) is 6.07 Å². The average Bonchev–Trinajstić information content (AvgIpc) is 2.93. The Hall–Kier alpha value is -1.95. The van der Waals surface area contributed by atoms with Crippen molar-refractivity contribution in [2.45, 2.75) is 31.7 Å². The minimum absolute atomic E-state index is 0.0363. The molecule has 4 N–H and O–H groups in total. The first-order chi connectivity index (χ1) is 10.2. The van der Waals surface area contributed by atoms with Gasteiger partial charge < -0.3 is 25.8 Å². The van der Waals surface area contributed by atoms with Gasteiger partial charge in [-0.1, -0.05) is 0 Å². The number of nitrogen functional groups attached to an aromatic ring is 1. The molecule has 1 saturated heterocycles. The number of ether oxygens (including phenoxy) is 1. The maximum Gasteiger partial charge on any atom is 0.262 e. The van der Waals surface area contributed by atoms with E-state index in [9.17, 15) is 4.79 Å². The minimum atomic E-state index is -0.142. The third-order valence-corrected chi connectivity index (χ3v) is 4.14. The number of nitrogens with one attached hydrogen (secondary N) is 1. The topological polar surface area (TPSA) is 87.8 Å². The molecule has 6 nitrogen and oxygen atoms in total. The van der Waals surface area contributed by atoms with Crippen molar-refractivity contribution in [3.8, 4) is 5.75 Å². The van der Waals surface area contributed by atoms with Crippen LogP contribution in [0, 0.1) is 0 Å². The third kappa shape index (κ3) is 2.76. The quantitative estimate of drug-likeness (QED) is 0.729. The Balaban J connectivity index is 1.87. The Bertz CT molecular complexity index is 547. The van der Waals surface area contributed by atoms with Gasteiger partial charge >= 0.3 is 0 Å². The highest BCUT2D eigenvalue weighted by atomic mass is 16.5. The summed E-state index contributed by atoms with van der Waals surface area (Å²) in [6, 6.07) is 4.09.